The van der Waals surface area contributed by atoms with E-state index in [4.69, 9.17) is 10.00 Å². The maximum absolute atomic E-state index is 13.4. The Hall–Kier alpha value is -3.33. The summed E-state index contributed by atoms with van der Waals surface area (Å²) in [6.07, 6.45) is 3.60. The molecule has 0 saturated heterocycles. The molecule has 0 unspecified atom stereocenters. The van der Waals surface area contributed by atoms with Gasteiger partial charge in [-0.15, -0.1) is 0 Å². The summed E-state index contributed by atoms with van der Waals surface area (Å²) in [5.74, 6) is 0.274. The first kappa shape index (κ1) is 19.4. The van der Waals surface area contributed by atoms with Crippen LogP contribution in [0.4, 0.5) is 4.39 Å². The molecular formula is C22H22FN3O2. The minimum Gasteiger partial charge on any atom is -0.496 e. The molecule has 0 fully saturated rings. The Morgan fingerprint density at radius 1 is 1.25 bits per heavy atom. The number of nitrogens with zero attached hydrogens (tertiary/aromatic N) is 2. The van der Waals surface area contributed by atoms with Crippen molar-refractivity contribution in [3.8, 4) is 11.8 Å². The van der Waals surface area contributed by atoms with Crippen molar-refractivity contribution in [2.45, 2.75) is 25.8 Å². The van der Waals surface area contributed by atoms with Gasteiger partial charge in [0, 0.05) is 36.6 Å². The monoisotopic (exact) mass is 379 g/mol. The van der Waals surface area contributed by atoms with Crippen LogP contribution in [0.25, 0.3) is 10.9 Å². The summed E-state index contributed by atoms with van der Waals surface area (Å²) in [5.41, 5.74) is 2.43. The zero-order valence-electron chi connectivity index (χ0n) is 15.7. The fraction of sp³-hybridized carbons (Fsp3) is 0.273. The molecular weight excluding hydrogens is 357 g/mol. The Labute approximate surface area is 163 Å². The molecule has 0 saturated carbocycles. The fourth-order valence-electron chi connectivity index (χ4n) is 3.24. The van der Waals surface area contributed by atoms with Gasteiger partial charge in [0.2, 0.25) is 5.91 Å². The molecule has 1 amide bonds. The molecule has 0 aliphatic heterocycles. The van der Waals surface area contributed by atoms with Gasteiger partial charge in [0.1, 0.15) is 11.6 Å². The SMILES string of the molecule is COc1ccc(F)cc1CCNC(=O)CCCn1ccc2cc(C#N)ccc21. The minimum absolute atomic E-state index is 0.0291. The summed E-state index contributed by atoms with van der Waals surface area (Å²) in [4.78, 5) is 12.1. The van der Waals surface area contributed by atoms with Crippen molar-refractivity contribution in [1.29, 1.82) is 5.26 Å². The molecule has 0 radical (unpaired) electrons. The highest BCUT2D eigenvalue weighted by atomic mass is 19.1. The summed E-state index contributed by atoms with van der Waals surface area (Å²) in [6.45, 7) is 1.16. The smallest absolute Gasteiger partial charge is 0.220 e. The normalized spacial score (nSPS) is 10.6. The molecule has 5 nitrogen and oxygen atoms in total. The summed E-state index contributed by atoms with van der Waals surface area (Å²) in [5, 5.41) is 12.9. The molecule has 3 rings (SSSR count). The minimum atomic E-state index is -0.317. The van der Waals surface area contributed by atoms with E-state index < -0.39 is 0 Å². The maximum atomic E-state index is 13.4. The summed E-state index contributed by atoms with van der Waals surface area (Å²) < 4.78 is 20.7. The highest BCUT2D eigenvalue weighted by Crippen LogP contribution is 2.20. The second kappa shape index (κ2) is 9.05. The number of carbonyl (C=O) groups excluding carboxylic acids is 1. The summed E-state index contributed by atoms with van der Waals surface area (Å²) in [6, 6.07) is 14.1. The lowest BCUT2D eigenvalue weighted by molar-refractivity contribution is -0.121. The van der Waals surface area contributed by atoms with E-state index in [1.54, 1.807) is 19.2 Å². The number of amides is 1. The van der Waals surface area contributed by atoms with Crippen LogP contribution >= 0.6 is 0 Å². The number of fused-ring (bicyclic) bond motifs is 1. The maximum Gasteiger partial charge on any atom is 0.220 e. The van der Waals surface area contributed by atoms with Crippen molar-refractivity contribution < 1.29 is 13.9 Å². The molecule has 0 bridgehead atoms. The highest BCUT2D eigenvalue weighted by molar-refractivity contribution is 5.81. The third-order valence-electron chi connectivity index (χ3n) is 4.66. The molecule has 6 heteroatoms. The number of nitrogens with one attached hydrogen (secondary N) is 1. The predicted octanol–water partition coefficient (Wildman–Crippen LogP) is 3.80. The number of benzene rings is 2. The van der Waals surface area contributed by atoms with Crippen LogP contribution in [0, 0.1) is 17.1 Å². The number of carbonyl (C=O) groups is 1. The average molecular weight is 379 g/mol. The molecule has 0 spiro atoms. The van der Waals surface area contributed by atoms with Gasteiger partial charge in [0.05, 0.1) is 18.7 Å². The van der Waals surface area contributed by atoms with Crippen LogP contribution in [-0.2, 0) is 17.8 Å². The summed E-state index contributed by atoms with van der Waals surface area (Å²) >= 11 is 0. The average Bonchev–Trinajstić information content (AvgIpc) is 3.10. The Balaban J connectivity index is 1.45. The summed E-state index contributed by atoms with van der Waals surface area (Å²) in [7, 11) is 1.54. The second-order valence-electron chi connectivity index (χ2n) is 6.55. The van der Waals surface area contributed by atoms with Gasteiger partial charge in [-0.3, -0.25) is 4.79 Å². The number of aryl methyl sites for hydroxylation is 1. The van der Waals surface area contributed by atoms with Gasteiger partial charge >= 0.3 is 0 Å². The number of hydrogen-bond acceptors (Lipinski definition) is 3. The molecule has 1 N–H and O–H groups in total. The molecule has 0 aliphatic rings. The van der Waals surface area contributed by atoms with E-state index in [1.807, 2.05) is 24.4 Å². The predicted molar refractivity (Wildman–Crippen MR) is 106 cm³/mol. The fourth-order valence-corrected chi connectivity index (χ4v) is 3.24. The van der Waals surface area contributed by atoms with Crippen LogP contribution in [-0.4, -0.2) is 24.1 Å². The largest absolute Gasteiger partial charge is 0.496 e. The van der Waals surface area contributed by atoms with Crippen LogP contribution in [0.1, 0.15) is 24.0 Å². The van der Waals surface area contributed by atoms with Crippen LogP contribution < -0.4 is 10.1 Å². The molecule has 144 valence electrons. The van der Waals surface area contributed by atoms with Gasteiger partial charge < -0.3 is 14.6 Å². The zero-order chi connectivity index (χ0) is 19.9. The first-order valence-electron chi connectivity index (χ1n) is 9.19. The lowest BCUT2D eigenvalue weighted by Crippen LogP contribution is -2.25. The topological polar surface area (TPSA) is 67.0 Å². The number of aromatic nitrogens is 1. The van der Waals surface area contributed by atoms with E-state index >= 15 is 0 Å². The quantitative estimate of drug-likeness (QED) is 0.647. The first-order chi connectivity index (χ1) is 13.6. The molecule has 2 aromatic carbocycles. The number of ether oxygens (including phenoxy) is 1. The van der Waals surface area contributed by atoms with Crippen molar-refractivity contribution in [2.24, 2.45) is 0 Å². The van der Waals surface area contributed by atoms with Gasteiger partial charge in [-0.2, -0.15) is 5.26 Å². The molecule has 0 aliphatic carbocycles. The van der Waals surface area contributed by atoms with Crippen LogP contribution in [0.3, 0.4) is 0 Å². The van der Waals surface area contributed by atoms with E-state index in [0.29, 0.717) is 37.1 Å². The van der Waals surface area contributed by atoms with Gasteiger partial charge in [-0.05, 0) is 60.9 Å². The Morgan fingerprint density at radius 2 is 2.11 bits per heavy atom. The lowest BCUT2D eigenvalue weighted by atomic mass is 10.1. The number of hydrogen-bond donors (Lipinski definition) is 1. The van der Waals surface area contributed by atoms with Crippen molar-refractivity contribution in [1.82, 2.24) is 9.88 Å². The van der Waals surface area contributed by atoms with Crippen molar-refractivity contribution in [3.05, 3.63) is 65.6 Å². The Bertz CT molecular complexity index is 1020. The molecule has 1 aromatic heterocycles. The third kappa shape index (κ3) is 4.68. The van der Waals surface area contributed by atoms with E-state index in [0.717, 1.165) is 23.0 Å². The molecule has 1 heterocycles. The number of nitriles is 1. The van der Waals surface area contributed by atoms with Crippen LogP contribution in [0.15, 0.2) is 48.7 Å². The van der Waals surface area contributed by atoms with E-state index in [-0.39, 0.29) is 11.7 Å². The van der Waals surface area contributed by atoms with Gasteiger partial charge in [-0.1, -0.05) is 0 Å². The van der Waals surface area contributed by atoms with Gasteiger partial charge in [0.15, 0.2) is 0 Å². The Kier molecular flexibility index (Phi) is 6.28. The molecule has 0 atom stereocenters. The van der Waals surface area contributed by atoms with Crippen molar-refractivity contribution in [2.75, 3.05) is 13.7 Å². The lowest BCUT2D eigenvalue weighted by Gasteiger charge is -2.10. The first-order valence-corrected chi connectivity index (χ1v) is 9.19. The van der Waals surface area contributed by atoms with E-state index in [1.165, 1.54) is 12.1 Å². The highest BCUT2D eigenvalue weighted by Gasteiger charge is 2.07. The molecule has 28 heavy (non-hydrogen) atoms. The Morgan fingerprint density at radius 3 is 2.89 bits per heavy atom. The standard InChI is InChI=1S/C22H22FN3O2/c1-28-21-7-5-19(23)14-18(21)8-10-25-22(27)3-2-11-26-12-9-17-13-16(15-24)4-6-20(17)26/h4-7,9,12-14H,2-3,8,10-11H2,1H3,(H,25,27). The van der Waals surface area contributed by atoms with Crippen LogP contribution in [0.5, 0.6) is 5.75 Å². The number of methoxy groups -OCH3 is 1. The van der Waals surface area contributed by atoms with Crippen molar-refractivity contribution in [3.63, 3.8) is 0 Å². The second-order valence-corrected chi connectivity index (χ2v) is 6.55. The number of rotatable bonds is 8. The van der Waals surface area contributed by atoms with E-state index in [2.05, 4.69) is 16.0 Å². The van der Waals surface area contributed by atoms with E-state index in [9.17, 15) is 9.18 Å². The van der Waals surface area contributed by atoms with Gasteiger partial charge in [0.25, 0.3) is 0 Å². The molecule has 3 aromatic rings. The third-order valence-corrected chi connectivity index (χ3v) is 4.66. The van der Waals surface area contributed by atoms with Crippen LogP contribution in [0.2, 0.25) is 0 Å². The van der Waals surface area contributed by atoms with Gasteiger partial charge in [-0.25, -0.2) is 4.39 Å². The zero-order valence-corrected chi connectivity index (χ0v) is 15.7. The van der Waals surface area contributed by atoms with Crippen molar-refractivity contribution >= 4 is 16.8 Å². The number of halogens is 1.